The monoisotopic (exact) mass is 317 g/mol. The molecule has 0 N–H and O–H groups in total. The fraction of sp³-hybridized carbons (Fsp3) is 0.0769. The van der Waals surface area contributed by atoms with Crippen molar-refractivity contribution < 1.29 is 27.1 Å². The van der Waals surface area contributed by atoms with Gasteiger partial charge in [0.15, 0.2) is 11.6 Å². The lowest BCUT2D eigenvalue weighted by molar-refractivity contribution is 0.0597. The van der Waals surface area contributed by atoms with Gasteiger partial charge in [-0.05, 0) is 12.1 Å². The predicted octanol–water partition coefficient (Wildman–Crippen LogP) is 3.58. The molecule has 0 atom stereocenters. The van der Waals surface area contributed by atoms with Gasteiger partial charge in [-0.1, -0.05) is 23.9 Å². The Bertz CT molecular complexity index is 683. The molecule has 1 aromatic carbocycles. The van der Waals surface area contributed by atoms with Crippen LogP contribution in [-0.4, -0.2) is 18.1 Å². The lowest BCUT2D eigenvalue weighted by Crippen LogP contribution is -2.05. The van der Waals surface area contributed by atoms with Crippen LogP contribution in [-0.2, 0) is 4.74 Å². The summed E-state index contributed by atoms with van der Waals surface area (Å²) >= 11 is 0.369. The van der Waals surface area contributed by atoms with Gasteiger partial charge in [0, 0.05) is 4.90 Å². The zero-order valence-corrected chi connectivity index (χ0v) is 11.3. The van der Waals surface area contributed by atoms with Gasteiger partial charge >= 0.3 is 5.97 Å². The number of methoxy groups -OCH3 is 1. The SMILES string of the molecule is COC(=O)c1ccccc1Sc1c(F)c(F)nc(F)c1F. The van der Waals surface area contributed by atoms with E-state index in [0.29, 0.717) is 11.8 Å². The molecule has 0 saturated carbocycles. The standard InChI is InChI=1S/C13H7F4NO2S/c1-20-13(19)6-4-2-3-5-7(6)21-10-8(14)11(16)18-12(17)9(10)15/h2-5H,1H3. The molecule has 0 saturated heterocycles. The number of rotatable bonds is 3. The quantitative estimate of drug-likeness (QED) is 0.493. The number of pyridine rings is 1. The molecule has 0 spiro atoms. The summed E-state index contributed by atoms with van der Waals surface area (Å²) in [5, 5.41) is 0. The zero-order valence-electron chi connectivity index (χ0n) is 10.5. The molecule has 2 rings (SSSR count). The van der Waals surface area contributed by atoms with Gasteiger partial charge < -0.3 is 4.74 Å². The number of nitrogens with zero attached hydrogens (tertiary/aromatic N) is 1. The topological polar surface area (TPSA) is 39.2 Å². The molecule has 1 aromatic heterocycles. The van der Waals surface area contributed by atoms with E-state index in [4.69, 9.17) is 0 Å². The highest BCUT2D eigenvalue weighted by Crippen LogP contribution is 2.35. The molecule has 0 aliphatic rings. The van der Waals surface area contributed by atoms with Gasteiger partial charge in [0.05, 0.1) is 17.6 Å². The van der Waals surface area contributed by atoms with Crippen molar-refractivity contribution in [1.29, 1.82) is 0 Å². The van der Waals surface area contributed by atoms with E-state index in [9.17, 15) is 22.4 Å². The summed E-state index contributed by atoms with van der Waals surface area (Å²) in [6.07, 6.45) is 0. The van der Waals surface area contributed by atoms with Crippen LogP contribution in [0, 0.1) is 23.5 Å². The molecule has 0 aliphatic carbocycles. The van der Waals surface area contributed by atoms with Gasteiger partial charge in [-0.25, -0.2) is 13.6 Å². The van der Waals surface area contributed by atoms with Gasteiger partial charge in [0.2, 0.25) is 0 Å². The number of esters is 1. The molecular formula is C13H7F4NO2S. The van der Waals surface area contributed by atoms with Gasteiger partial charge in [-0.3, -0.25) is 0 Å². The number of benzene rings is 1. The van der Waals surface area contributed by atoms with Crippen molar-refractivity contribution in [2.75, 3.05) is 7.11 Å². The number of carbonyl (C=O) groups is 1. The first-order valence-electron chi connectivity index (χ1n) is 5.51. The number of aromatic nitrogens is 1. The van der Waals surface area contributed by atoms with Crippen LogP contribution >= 0.6 is 11.8 Å². The predicted molar refractivity (Wildman–Crippen MR) is 66.0 cm³/mol. The number of carbonyl (C=O) groups excluding carboxylic acids is 1. The highest BCUT2D eigenvalue weighted by atomic mass is 32.2. The summed E-state index contributed by atoms with van der Waals surface area (Å²) in [4.78, 5) is 13.2. The van der Waals surface area contributed by atoms with Crippen LogP contribution in [0.5, 0.6) is 0 Å². The van der Waals surface area contributed by atoms with Gasteiger partial charge in [-0.15, -0.1) is 0 Å². The van der Waals surface area contributed by atoms with Gasteiger partial charge in [0.1, 0.15) is 0 Å². The van der Waals surface area contributed by atoms with E-state index in [0.717, 1.165) is 7.11 Å². The molecule has 0 fully saturated rings. The first-order valence-corrected chi connectivity index (χ1v) is 6.32. The minimum atomic E-state index is -1.76. The molecule has 8 heteroatoms. The molecule has 21 heavy (non-hydrogen) atoms. The Morgan fingerprint density at radius 1 is 1.10 bits per heavy atom. The van der Waals surface area contributed by atoms with Crippen LogP contribution in [0.2, 0.25) is 0 Å². The van der Waals surface area contributed by atoms with Crippen molar-refractivity contribution >= 4 is 17.7 Å². The molecule has 3 nitrogen and oxygen atoms in total. The first-order chi connectivity index (χ1) is 9.95. The highest BCUT2D eigenvalue weighted by molar-refractivity contribution is 7.99. The second-order valence-corrected chi connectivity index (χ2v) is 4.79. The Labute approximate surface area is 120 Å². The van der Waals surface area contributed by atoms with E-state index in [-0.39, 0.29) is 10.5 Å². The molecule has 110 valence electrons. The van der Waals surface area contributed by atoms with Crippen molar-refractivity contribution in [3.05, 3.63) is 53.4 Å². The zero-order chi connectivity index (χ0) is 15.6. The van der Waals surface area contributed by atoms with Crippen molar-refractivity contribution in [2.45, 2.75) is 9.79 Å². The van der Waals surface area contributed by atoms with E-state index in [2.05, 4.69) is 9.72 Å². The molecule has 0 aliphatic heterocycles. The van der Waals surface area contributed by atoms with Crippen molar-refractivity contribution in [1.82, 2.24) is 4.98 Å². The average molecular weight is 317 g/mol. The third kappa shape index (κ3) is 2.99. The molecular weight excluding hydrogens is 310 g/mol. The highest BCUT2D eigenvalue weighted by Gasteiger charge is 2.23. The summed E-state index contributed by atoms with van der Waals surface area (Å²) in [5.41, 5.74) is 0.0152. The van der Waals surface area contributed by atoms with E-state index >= 15 is 0 Å². The van der Waals surface area contributed by atoms with Crippen LogP contribution in [0.15, 0.2) is 34.1 Å². The number of hydrogen-bond acceptors (Lipinski definition) is 4. The third-order valence-electron chi connectivity index (χ3n) is 2.46. The maximum atomic E-state index is 13.6. The van der Waals surface area contributed by atoms with Crippen LogP contribution < -0.4 is 0 Å². The fourth-order valence-electron chi connectivity index (χ4n) is 1.50. The van der Waals surface area contributed by atoms with Crippen LogP contribution in [0.4, 0.5) is 17.6 Å². The summed E-state index contributed by atoms with van der Waals surface area (Å²) in [6, 6.07) is 5.74. The summed E-state index contributed by atoms with van der Waals surface area (Å²) in [7, 11) is 1.14. The first kappa shape index (κ1) is 15.3. The number of hydrogen-bond donors (Lipinski definition) is 0. The summed E-state index contributed by atoms with van der Waals surface area (Å²) < 4.78 is 57.7. The van der Waals surface area contributed by atoms with E-state index in [1.807, 2.05) is 0 Å². The Hall–Kier alpha value is -2.09. The largest absolute Gasteiger partial charge is 0.465 e. The second-order valence-electron chi connectivity index (χ2n) is 3.74. The third-order valence-corrected chi connectivity index (χ3v) is 3.60. The molecule has 2 aromatic rings. The molecule has 0 unspecified atom stereocenters. The maximum absolute atomic E-state index is 13.6. The Kier molecular flexibility index (Phi) is 4.46. The molecule has 0 amide bonds. The van der Waals surface area contributed by atoms with Crippen molar-refractivity contribution in [2.24, 2.45) is 0 Å². The Morgan fingerprint density at radius 2 is 1.67 bits per heavy atom. The molecule has 0 radical (unpaired) electrons. The normalized spacial score (nSPS) is 10.5. The average Bonchev–Trinajstić information content (AvgIpc) is 2.49. The maximum Gasteiger partial charge on any atom is 0.339 e. The fourth-order valence-corrected chi connectivity index (χ4v) is 2.48. The lowest BCUT2D eigenvalue weighted by Gasteiger charge is -2.09. The second kappa shape index (κ2) is 6.13. The molecule has 1 heterocycles. The van der Waals surface area contributed by atoms with Crippen LogP contribution in [0.25, 0.3) is 0 Å². The molecule has 0 bridgehead atoms. The van der Waals surface area contributed by atoms with Gasteiger partial charge in [-0.2, -0.15) is 13.8 Å². The van der Waals surface area contributed by atoms with Gasteiger partial charge in [0.25, 0.3) is 11.9 Å². The summed E-state index contributed by atoms with van der Waals surface area (Å²) in [6.45, 7) is 0. The number of halogens is 4. The Balaban J connectivity index is 2.51. The van der Waals surface area contributed by atoms with E-state index < -0.39 is 34.4 Å². The Morgan fingerprint density at radius 3 is 2.24 bits per heavy atom. The number of ether oxygens (including phenoxy) is 1. The van der Waals surface area contributed by atoms with Crippen molar-refractivity contribution in [3.63, 3.8) is 0 Å². The minimum absolute atomic E-state index is 0.0152. The van der Waals surface area contributed by atoms with E-state index in [1.54, 1.807) is 0 Å². The minimum Gasteiger partial charge on any atom is -0.465 e. The summed E-state index contributed by atoms with van der Waals surface area (Å²) in [5.74, 6) is -7.51. The van der Waals surface area contributed by atoms with Crippen molar-refractivity contribution in [3.8, 4) is 0 Å². The lowest BCUT2D eigenvalue weighted by atomic mass is 10.2. The van der Waals surface area contributed by atoms with Crippen LogP contribution in [0.3, 0.4) is 0 Å². The smallest absolute Gasteiger partial charge is 0.339 e. The van der Waals surface area contributed by atoms with E-state index in [1.165, 1.54) is 24.3 Å². The van der Waals surface area contributed by atoms with Crippen LogP contribution in [0.1, 0.15) is 10.4 Å².